The molecule has 0 fully saturated rings. The minimum absolute atomic E-state index is 0.0577. The Hall–Kier alpha value is -2.76. The molecule has 21 heavy (non-hydrogen) atoms. The lowest BCUT2D eigenvalue weighted by Crippen LogP contribution is -2.02. The standard InChI is InChI=1S/C15H16N2O4/c1-10-7-12(17(19)20)3-5-14(10)16-9-11-8-13(21-2)4-6-15(11)18/h3-8,16,18H,9H2,1-2H3. The normalized spacial score (nSPS) is 10.2. The number of rotatable bonds is 5. The molecule has 0 bridgehead atoms. The molecule has 0 atom stereocenters. The van der Waals surface area contributed by atoms with Gasteiger partial charge in [-0.25, -0.2) is 0 Å². The largest absolute Gasteiger partial charge is 0.508 e. The zero-order valence-corrected chi connectivity index (χ0v) is 11.8. The third-order valence-electron chi connectivity index (χ3n) is 3.18. The second-order valence-corrected chi connectivity index (χ2v) is 4.60. The summed E-state index contributed by atoms with van der Waals surface area (Å²) in [6.45, 7) is 2.18. The lowest BCUT2D eigenvalue weighted by molar-refractivity contribution is -0.384. The number of hydrogen-bond donors (Lipinski definition) is 2. The van der Waals surface area contributed by atoms with Crippen LogP contribution in [0.3, 0.4) is 0 Å². The zero-order chi connectivity index (χ0) is 15.4. The van der Waals surface area contributed by atoms with Gasteiger partial charge in [-0.15, -0.1) is 0 Å². The first-order chi connectivity index (χ1) is 10.0. The molecule has 6 heteroatoms. The Bertz CT molecular complexity index is 671. The van der Waals surface area contributed by atoms with Gasteiger partial charge in [-0.3, -0.25) is 10.1 Å². The van der Waals surface area contributed by atoms with E-state index < -0.39 is 4.92 Å². The second-order valence-electron chi connectivity index (χ2n) is 4.60. The summed E-state index contributed by atoms with van der Waals surface area (Å²) in [7, 11) is 1.56. The number of aryl methyl sites for hydroxylation is 1. The number of hydrogen-bond acceptors (Lipinski definition) is 5. The molecule has 0 aromatic heterocycles. The fraction of sp³-hybridized carbons (Fsp3) is 0.200. The highest BCUT2D eigenvalue weighted by Gasteiger charge is 2.09. The quantitative estimate of drug-likeness (QED) is 0.651. The van der Waals surface area contributed by atoms with Gasteiger partial charge in [-0.1, -0.05) is 0 Å². The highest BCUT2D eigenvalue weighted by Crippen LogP contribution is 2.26. The van der Waals surface area contributed by atoms with E-state index in [4.69, 9.17) is 4.74 Å². The van der Waals surface area contributed by atoms with E-state index in [2.05, 4.69) is 5.32 Å². The molecule has 0 unspecified atom stereocenters. The van der Waals surface area contributed by atoms with Crippen LogP contribution in [0.4, 0.5) is 11.4 Å². The van der Waals surface area contributed by atoms with Crippen molar-refractivity contribution in [2.24, 2.45) is 0 Å². The SMILES string of the molecule is COc1ccc(O)c(CNc2ccc([N+](=O)[O-])cc2C)c1. The van der Waals surface area contributed by atoms with Crippen LogP contribution in [-0.2, 0) is 6.54 Å². The van der Waals surface area contributed by atoms with Crippen LogP contribution in [0, 0.1) is 17.0 Å². The van der Waals surface area contributed by atoms with Crippen molar-refractivity contribution in [3.05, 3.63) is 57.6 Å². The van der Waals surface area contributed by atoms with E-state index in [1.54, 1.807) is 38.3 Å². The van der Waals surface area contributed by atoms with E-state index in [9.17, 15) is 15.2 Å². The summed E-state index contributed by atoms with van der Waals surface area (Å²) in [5, 5.41) is 23.7. The number of methoxy groups -OCH3 is 1. The maximum Gasteiger partial charge on any atom is 0.269 e. The number of nitro benzene ring substituents is 1. The van der Waals surface area contributed by atoms with E-state index in [-0.39, 0.29) is 11.4 Å². The van der Waals surface area contributed by atoms with Crippen LogP contribution in [0.25, 0.3) is 0 Å². The number of nitrogens with one attached hydrogen (secondary N) is 1. The van der Waals surface area contributed by atoms with Gasteiger partial charge in [0.25, 0.3) is 5.69 Å². The van der Waals surface area contributed by atoms with Crippen LogP contribution >= 0.6 is 0 Å². The van der Waals surface area contributed by atoms with Crippen LogP contribution in [0.5, 0.6) is 11.5 Å². The molecule has 0 aliphatic heterocycles. The van der Waals surface area contributed by atoms with E-state index in [0.717, 1.165) is 11.3 Å². The number of aromatic hydroxyl groups is 1. The van der Waals surface area contributed by atoms with Gasteiger partial charge >= 0.3 is 0 Å². The van der Waals surface area contributed by atoms with Gasteiger partial charge in [0, 0.05) is 29.9 Å². The number of nitrogens with zero attached hydrogens (tertiary/aromatic N) is 1. The average molecular weight is 288 g/mol. The Morgan fingerprint density at radius 2 is 2.05 bits per heavy atom. The Morgan fingerprint density at radius 3 is 2.67 bits per heavy atom. The van der Waals surface area contributed by atoms with Crippen LogP contribution < -0.4 is 10.1 Å². The van der Waals surface area contributed by atoms with Crippen LogP contribution in [0.2, 0.25) is 0 Å². The van der Waals surface area contributed by atoms with Crippen molar-refractivity contribution < 1.29 is 14.8 Å². The molecule has 0 heterocycles. The van der Waals surface area contributed by atoms with Crippen molar-refractivity contribution in [1.82, 2.24) is 0 Å². The van der Waals surface area contributed by atoms with Gasteiger partial charge in [-0.05, 0) is 36.8 Å². The maximum absolute atomic E-state index is 10.7. The van der Waals surface area contributed by atoms with Gasteiger partial charge in [-0.2, -0.15) is 0 Å². The molecule has 0 aliphatic rings. The highest BCUT2D eigenvalue weighted by molar-refractivity contribution is 5.56. The molecule has 0 spiro atoms. The third-order valence-corrected chi connectivity index (χ3v) is 3.18. The first-order valence-corrected chi connectivity index (χ1v) is 6.36. The average Bonchev–Trinajstić information content (AvgIpc) is 2.47. The molecule has 2 N–H and O–H groups in total. The lowest BCUT2D eigenvalue weighted by atomic mass is 10.1. The fourth-order valence-electron chi connectivity index (χ4n) is 1.98. The number of anilines is 1. The maximum atomic E-state index is 10.7. The minimum atomic E-state index is -0.426. The summed E-state index contributed by atoms with van der Waals surface area (Å²) in [5.41, 5.74) is 2.30. The summed E-state index contributed by atoms with van der Waals surface area (Å²) in [6, 6.07) is 9.59. The molecule has 0 saturated heterocycles. The van der Waals surface area contributed by atoms with Gasteiger partial charge in [0.1, 0.15) is 11.5 Å². The lowest BCUT2D eigenvalue weighted by Gasteiger charge is -2.11. The number of phenols is 1. The number of ether oxygens (including phenoxy) is 1. The van der Waals surface area contributed by atoms with Crippen molar-refractivity contribution in [2.75, 3.05) is 12.4 Å². The van der Waals surface area contributed by atoms with E-state index in [1.165, 1.54) is 12.1 Å². The van der Waals surface area contributed by atoms with Crippen molar-refractivity contribution >= 4 is 11.4 Å². The fourth-order valence-corrected chi connectivity index (χ4v) is 1.98. The molecule has 2 rings (SSSR count). The van der Waals surface area contributed by atoms with Gasteiger partial charge in [0.15, 0.2) is 0 Å². The van der Waals surface area contributed by atoms with Crippen LogP contribution in [-0.4, -0.2) is 17.1 Å². The molecule has 2 aromatic rings. The van der Waals surface area contributed by atoms with Crippen molar-refractivity contribution in [1.29, 1.82) is 0 Å². The van der Waals surface area contributed by atoms with Gasteiger partial charge in [0.05, 0.1) is 12.0 Å². The third kappa shape index (κ3) is 3.42. The highest BCUT2D eigenvalue weighted by atomic mass is 16.6. The molecule has 0 amide bonds. The topological polar surface area (TPSA) is 84.6 Å². The first-order valence-electron chi connectivity index (χ1n) is 6.36. The number of benzene rings is 2. The molecular weight excluding hydrogens is 272 g/mol. The Labute approximate surface area is 122 Å². The van der Waals surface area contributed by atoms with Crippen molar-refractivity contribution in [3.8, 4) is 11.5 Å². The molecular formula is C15H16N2O4. The first kappa shape index (κ1) is 14.6. The van der Waals surface area contributed by atoms with E-state index in [0.29, 0.717) is 17.9 Å². The van der Waals surface area contributed by atoms with Gasteiger partial charge in [0.2, 0.25) is 0 Å². The molecule has 0 aliphatic carbocycles. The van der Waals surface area contributed by atoms with E-state index >= 15 is 0 Å². The molecule has 0 radical (unpaired) electrons. The molecule has 2 aromatic carbocycles. The number of phenolic OH excluding ortho intramolecular Hbond substituents is 1. The Morgan fingerprint density at radius 1 is 1.29 bits per heavy atom. The predicted octanol–water partition coefficient (Wildman–Crippen LogP) is 3.23. The second kappa shape index (κ2) is 6.13. The zero-order valence-electron chi connectivity index (χ0n) is 11.8. The minimum Gasteiger partial charge on any atom is -0.508 e. The summed E-state index contributed by atoms with van der Waals surface area (Å²) < 4.78 is 5.11. The summed E-state index contributed by atoms with van der Waals surface area (Å²) in [4.78, 5) is 10.3. The van der Waals surface area contributed by atoms with Crippen molar-refractivity contribution in [2.45, 2.75) is 13.5 Å². The van der Waals surface area contributed by atoms with Gasteiger partial charge < -0.3 is 15.2 Å². The molecule has 0 saturated carbocycles. The number of nitro groups is 1. The molecule has 6 nitrogen and oxygen atoms in total. The van der Waals surface area contributed by atoms with E-state index in [1.807, 2.05) is 0 Å². The summed E-state index contributed by atoms with van der Waals surface area (Å²) >= 11 is 0. The predicted molar refractivity (Wildman–Crippen MR) is 79.8 cm³/mol. The smallest absolute Gasteiger partial charge is 0.269 e. The monoisotopic (exact) mass is 288 g/mol. The molecule has 110 valence electrons. The Balaban J connectivity index is 2.15. The summed E-state index contributed by atoms with van der Waals surface area (Å²) in [5.74, 6) is 0.827. The number of non-ortho nitro benzene ring substituents is 1. The van der Waals surface area contributed by atoms with Crippen LogP contribution in [0.15, 0.2) is 36.4 Å². The van der Waals surface area contributed by atoms with Crippen LogP contribution in [0.1, 0.15) is 11.1 Å². The Kier molecular flexibility index (Phi) is 4.27. The summed E-state index contributed by atoms with van der Waals surface area (Å²) in [6.07, 6.45) is 0. The van der Waals surface area contributed by atoms with Crippen molar-refractivity contribution in [3.63, 3.8) is 0 Å².